The van der Waals surface area contributed by atoms with Crippen LogP contribution in [0.5, 0.6) is 0 Å². The van der Waals surface area contributed by atoms with Crippen LogP contribution in [0.15, 0.2) is 35.3 Å². The highest BCUT2D eigenvalue weighted by Crippen LogP contribution is 2.43. The first-order valence-electron chi connectivity index (χ1n) is 11.8. The number of benzene rings is 1. The first kappa shape index (κ1) is 21.8. The SMILES string of the molecule is CC(C)CC1(C)N=C(N)N(CC2CCN(C(=O)[C@@H]3C[C@H]3Cc3ccccc3)CC2)C1=O. The van der Waals surface area contributed by atoms with Crippen molar-refractivity contribution in [2.45, 2.75) is 58.4 Å². The summed E-state index contributed by atoms with van der Waals surface area (Å²) < 4.78 is 0. The first-order chi connectivity index (χ1) is 14.8. The maximum absolute atomic E-state index is 13.0. The highest BCUT2D eigenvalue weighted by molar-refractivity contribution is 6.06. The molecule has 1 aromatic rings. The molecule has 2 fully saturated rings. The molecule has 0 spiro atoms. The molecule has 168 valence electrons. The molecule has 1 aliphatic carbocycles. The third-order valence-corrected chi connectivity index (χ3v) is 7.10. The Kier molecular flexibility index (Phi) is 6.09. The molecule has 2 aliphatic heterocycles. The Balaban J connectivity index is 1.25. The quantitative estimate of drug-likeness (QED) is 0.731. The van der Waals surface area contributed by atoms with Gasteiger partial charge in [-0.2, -0.15) is 0 Å². The Hall–Kier alpha value is -2.37. The summed E-state index contributed by atoms with van der Waals surface area (Å²) in [5, 5.41) is 0. The molecule has 0 aromatic heterocycles. The Bertz CT molecular complexity index is 844. The van der Waals surface area contributed by atoms with Crippen LogP contribution in [0.1, 0.15) is 52.0 Å². The van der Waals surface area contributed by atoms with Crippen LogP contribution >= 0.6 is 0 Å². The van der Waals surface area contributed by atoms with Gasteiger partial charge < -0.3 is 10.6 Å². The molecule has 31 heavy (non-hydrogen) atoms. The molecule has 1 unspecified atom stereocenters. The normalized spacial score (nSPS) is 28.9. The van der Waals surface area contributed by atoms with E-state index in [2.05, 4.69) is 43.1 Å². The fourth-order valence-corrected chi connectivity index (χ4v) is 5.38. The summed E-state index contributed by atoms with van der Waals surface area (Å²) in [5.41, 5.74) is 6.72. The lowest BCUT2D eigenvalue weighted by molar-refractivity contribution is -0.135. The summed E-state index contributed by atoms with van der Waals surface area (Å²) in [6, 6.07) is 10.4. The first-order valence-corrected chi connectivity index (χ1v) is 11.8. The van der Waals surface area contributed by atoms with E-state index < -0.39 is 5.54 Å². The van der Waals surface area contributed by atoms with Gasteiger partial charge in [0.1, 0.15) is 5.54 Å². The minimum Gasteiger partial charge on any atom is -0.369 e. The van der Waals surface area contributed by atoms with E-state index >= 15 is 0 Å². The summed E-state index contributed by atoms with van der Waals surface area (Å²) in [4.78, 5) is 34.1. The molecule has 1 saturated carbocycles. The number of rotatable bonds is 7. The number of aliphatic imine (C=N–C) groups is 1. The van der Waals surface area contributed by atoms with Crippen LogP contribution in [0, 0.1) is 23.7 Å². The number of carbonyl (C=O) groups excluding carboxylic acids is 2. The van der Waals surface area contributed by atoms with E-state index in [4.69, 9.17) is 5.73 Å². The maximum Gasteiger partial charge on any atom is 0.257 e. The number of hydrogen-bond acceptors (Lipinski definition) is 4. The van der Waals surface area contributed by atoms with Crippen LogP contribution in [0.2, 0.25) is 0 Å². The van der Waals surface area contributed by atoms with Gasteiger partial charge >= 0.3 is 0 Å². The van der Waals surface area contributed by atoms with Gasteiger partial charge in [-0.05, 0) is 62.3 Å². The third kappa shape index (κ3) is 4.78. The zero-order chi connectivity index (χ0) is 22.2. The van der Waals surface area contributed by atoms with Crippen molar-refractivity contribution in [3.05, 3.63) is 35.9 Å². The molecule has 3 atom stereocenters. The second kappa shape index (κ2) is 8.64. The molecule has 2 N–H and O–H groups in total. The number of likely N-dealkylation sites (tertiary alicyclic amines) is 1. The molecular weight excluding hydrogens is 388 g/mol. The lowest BCUT2D eigenvalue weighted by Crippen LogP contribution is -2.48. The van der Waals surface area contributed by atoms with Gasteiger partial charge in [0.2, 0.25) is 5.91 Å². The van der Waals surface area contributed by atoms with E-state index in [1.807, 2.05) is 17.9 Å². The molecule has 3 aliphatic rings. The van der Waals surface area contributed by atoms with E-state index in [1.54, 1.807) is 4.90 Å². The number of piperidine rings is 1. The Morgan fingerprint density at radius 3 is 2.55 bits per heavy atom. The standard InChI is InChI=1S/C25H36N4O2/c1-17(2)15-25(3)23(31)29(24(26)27-25)16-19-9-11-28(12-10-19)22(30)21-14-20(21)13-18-7-5-4-6-8-18/h4-8,17,19-21H,9-16H2,1-3H3,(H2,26,27)/t20-,21-,25?/m1/s1. The molecule has 2 amide bonds. The molecule has 2 heterocycles. The maximum atomic E-state index is 13.0. The topological polar surface area (TPSA) is 79.0 Å². The highest BCUT2D eigenvalue weighted by atomic mass is 16.2. The van der Waals surface area contributed by atoms with E-state index in [1.165, 1.54) is 5.56 Å². The van der Waals surface area contributed by atoms with Crippen molar-refractivity contribution in [3.8, 4) is 0 Å². The number of nitrogens with zero attached hydrogens (tertiary/aromatic N) is 3. The fraction of sp³-hybridized carbons (Fsp3) is 0.640. The smallest absolute Gasteiger partial charge is 0.257 e. The Morgan fingerprint density at radius 1 is 1.23 bits per heavy atom. The summed E-state index contributed by atoms with van der Waals surface area (Å²) in [6.07, 6.45) is 4.55. The largest absolute Gasteiger partial charge is 0.369 e. The second-order valence-corrected chi connectivity index (χ2v) is 10.3. The predicted octanol–water partition coefficient (Wildman–Crippen LogP) is 3.07. The molecule has 0 radical (unpaired) electrons. The van der Waals surface area contributed by atoms with Crippen LogP contribution in [0.3, 0.4) is 0 Å². The number of guanidine groups is 1. The minimum absolute atomic E-state index is 0.0268. The summed E-state index contributed by atoms with van der Waals surface area (Å²) in [6.45, 7) is 8.27. The number of nitrogens with two attached hydrogens (primary N) is 1. The highest BCUT2D eigenvalue weighted by Gasteiger charge is 2.46. The number of hydrogen-bond donors (Lipinski definition) is 1. The molecule has 1 aromatic carbocycles. The van der Waals surface area contributed by atoms with Gasteiger partial charge in [0.05, 0.1) is 0 Å². The van der Waals surface area contributed by atoms with Crippen molar-refractivity contribution >= 4 is 17.8 Å². The van der Waals surface area contributed by atoms with Gasteiger partial charge in [-0.3, -0.25) is 14.5 Å². The lowest BCUT2D eigenvalue weighted by Gasteiger charge is -2.34. The predicted molar refractivity (Wildman–Crippen MR) is 122 cm³/mol. The molecule has 1 saturated heterocycles. The Morgan fingerprint density at radius 2 is 1.90 bits per heavy atom. The average molecular weight is 425 g/mol. The van der Waals surface area contributed by atoms with Crippen LogP contribution in [-0.2, 0) is 16.0 Å². The van der Waals surface area contributed by atoms with Gasteiger partial charge in [-0.25, -0.2) is 4.99 Å². The molecule has 0 bridgehead atoms. The molecular formula is C25H36N4O2. The summed E-state index contributed by atoms with van der Waals surface area (Å²) in [7, 11) is 0. The van der Waals surface area contributed by atoms with Crippen LogP contribution in [0.25, 0.3) is 0 Å². The second-order valence-electron chi connectivity index (χ2n) is 10.3. The summed E-state index contributed by atoms with van der Waals surface area (Å²) in [5.74, 6) is 2.13. The van der Waals surface area contributed by atoms with Crippen LogP contribution in [-0.4, -0.2) is 52.7 Å². The zero-order valence-corrected chi connectivity index (χ0v) is 19.1. The van der Waals surface area contributed by atoms with Gasteiger partial charge in [0, 0.05) is 25.6 Å². The van der Waals surface area contributed by atoms with E-state index in [0.29, 0.717) is 42.6 Å². The summed E-state index contributed by atoms with van der Waals surface area (Å²) >= 11 is 0. The third-order valence-electron chi connectivity index (χ3n) is 7.10. The molecule has 6 nitrogen and oxygen atoms in total. The van der Waals surface area contributed by atoms with E-state index in [0.717, 1.165) is 38.8 Å². The fourth-order valence-electron chi connectivity index (χ4n) is 5.38. The average Bonchev–Trinajstić information content (AvgIpc) is 3.46. The van der Waals surface area contributed by atoms with Crippen LogP contribution in [0.4, 0.5) is 0 Å². The number of carbonyl (C=O) groups is 2. The van der Waals surface area contributed by atoms with Crippen molar-refractivity contribution in [1.29, 1.82) is 0 Å². The zero-order valence-electron chi connectivity index (χ0n) is 19.1. The van der Waals surface area contributed by atoms with Crippen molar-refractivity contribution in [2.24, 2.45) is 34.4 Å². The van der Waals surface area contributed by atoms with E-state index in [9.17, 15) is 9.59 Å². The van der Waals surface area contributed by atoms with Gasteiger partial charge in [0.15, 0.2) is 5.96 Å². The van der Waals surface area contributed by atoms with Crippen molar-refractivity contribution in [2.75, 3.05) is 19.6 Å². The van der Waals surface area contributed by atoms with Gasteiger partial charge in [0.25, 0.3) is 5.91 Å². The van der Waals surface area contributed by atoms with Gasteiger partial charge in [-0.1, -0.05) is 44.2 Å². The lowest BCUT2D eigenvalue weighted by atomic mass is 9.90. The van der Waals surface area contributed by atoms with Crippen molar-refractivity contribution in [1.82, 2.24) is 9.80 Å². The van der Waals surface area contributed by atoms with E-state index in [-0.39, 0.29) is 11.8 Å². The number of amides is 2. The van der Waals surface area contributed by atoms with Crippen molar-refractivity contribution in [3.63, 3.8) is 0 Å². The molecule has 4 rings (SSSR count). The minimum atomic E-state index is -0.728. The molecule has 6 heteroatoms. The van der Waals surface area contributed by atoms with Gasteiger partial charge in [-0.15, -0.1) is 0 Å². The monoisotopic (exact) mass is 424 g/mol. The Labute approximate surface area is 185 Å². The van der Waals surface area contributed by atoms with Crippen LogP contribution < -0.4 is 5.73 Å². The van der Waals surface area contributed by atoms with Crippen molar-refractivity contribution < 1.29 is 9.59 Å².